The summed E-state index contributed by atoms with van der Waals surface area (Å²) in [5.41, 5.74) is 2.72. The Morgan fingerprint density at radius 1 is 1.57 bits per heavy atom. The number of nitro groups is 1. The monoisotopic (exact) mass is 191 g/mol. The number of rotatable bonds is 3. The number of hydrogen-bond acceptors (Lipinski definition) is 3. The van der Waals surface area contributed by atoms with Crippen LogP contribution in [-0.4, -0.2) is 10.0 Å². The van der Waals surface area contributed by atoms with Crippen LogP contribution in [-0.2, 0) is 6.42 Å². The molecule has 0 aliphatic rings. The first-order valence-electron chi connectivity index (χ1n) is 3.95. The summed E-state index contributed by atoms with van der Waals surface area (Å²) < 4.78 is 0. The molecule has 4 heteroatoms. The number of allylic oxidation sites excluding steroid dienone is 1. The fourth-order valence-corrected chi connectivity index (χ4v) is 1.08. The predicted octanol–water partition coefficient (Wildman–Crippen LogP) is 2.36. The second-order valence-corrected chi connectivity index (χ2v) is 2.69. The third-order valence-corrected chi connectivity index (χ3v) is 1.75. The lowest BCUT2D eigenvalue weighted by atomic mass is 10.1. The third kappa shape index (κ3) is 2.21. The van der Waals surface area contributed by atoms with E-state index in [0.717, 1.165) is 0 Å². The largest absolute Gasteiger partial charge is 0.504 e. The minimum Gasteiger partial charge on any atom is -0.504 e. The van der Waals surface area contributed by atoms with Gasteiger partial charge in [0.1, 0.15) is 5.76 Å². The molecule has 0 spiro atoms. The number of benzene rings is 1. The molecule has 1 aromatic carbocycles. The van der Waals surface area contributed by atoms with Crippen molar-refractivity contribution in [2.75, 3.05) is 0 Å². The highest BCUT2D eigenvalue weighted by molar-refractivity contribution is 5.41. The second-order valence-electron chi connectivity index (χ2n) is 2.69. The summed E-state index contributed by atoms with van der Waals surface area (Å²) in [5.74, 6) is -0.0979. The van der Waals surface area contributed by atoms with Gasteiger partial charge >= 0.3 is 0 Å². The molecule has 4 nitrogen and oxygen atoms in total. The van der Waals surface area contributed by atoms with E-state index in [1.807, 2.05) is 0 Å². The molecule has 1 rings (SSSR count). The van der Waals surface area contributed by atoms with E-state index in [0.29, 0.717) is 5.56 Å². The molecule has 0 amide bonds. The first-order valence-corrected chi connectivity index (χ1v) is 3.95. The van der Waals surface area contributed by atoms with Gasteiger partial charge in [0.25, 0.3) is 5.69 Å². The molecule has 0 atom stereocenters. The van der Waals surface area contributed by atoms with Crippen LogP contribution < -0.4 is 0 Å². The molecule has 0 saturated heterocycles. The molecule has 1 N–H and O–H groups in total. The molecule has 0 heterocycles. The lowest BCUT2D eigenvalue weighted by molar-refractivity contribution is -0.385. The summed E-state index contributed by atoms with van der Waals surface area (Å²) in [6, 6.07) is 6.24. The SMILES string of the molecule is C=C=C(O)Cc1ccccc1[N+](=O)[O-]. The van der Waals surface area contributed by atoms with Gasteiger partial charge < -0.3 is 5.11 Å². The van der Waals surface area contributed by atoms with Gasteiger partial charge in [-0.2, -0.15) is 0 Å². The second kappa shape index (κ2) is 4.25. The fraction of sp³-hybridized carbons (Fsp3) is 0.100. The maximum Gasteiger partial charge on any atom is 0.273 e. The van der Waals surface area contributed by atoms with Gasteiger partial charge in [-0.25, -0.2) is 0 Å². The average molecular weight is 191 g/mol. The van der Waals surface area contributed by atoms with Crippen LogP contribution >= 0.6 is 0 Å². The molecule has 0 aliphatic carbocycles. The third-order valence-electron chi connectivity index (χ3n) is 1.75. The van der Waals surface area contributed by atoms with Crippen molar-refractivity contribution >= 4 is 5.69 Å². The number of hydrogen-bond donors (Lipinski definition) is 1. The Bertz CT molecular complexity index is 406. The van der Waals surface area contributed by atoms with Gasteiger partial charge in [-0.1, -0.05) is 30.5 Å². The maximum absolute atomic E-state index is 10.6. The van der Waals surface area contributed by atoms with Gasteiger partial charge in [-0.05, 0) is 0 Å². The zero-order valence-electron chi connectivity index (χ0n) is 7.43. The summed E-state index contributed by atoms with van der Waals surface area (Å²) in [4.78, 5) is 10.1. The minimum absolute atomic E-state index is 0.00528. The van der Waals surface area contributed by atoms with E-state index in [1.54, 1.807) is 18.2 Å². The molecular formula is C10H9NO3. The molecule has 0 aromatic heterocycles. The van der Waals surface area contributed by atoms with Crippen LogP contribution in [0.1, 0.15) is 5.56 Å². The molecule has 14 heavy (non-hydrogen) atoms. The van der Waals surface area contributed by atoms with Crippen LogP contribution in [0.15, 0.2) is 42.3 Å². The van der Waals surface area contributed by atoms with E-state index < -0.39 is 4.92 Å². The van der Waals surface area contributed by atoms with Crippen LogP contribution in [0.4, 0.5) is 5.69 Å². The van der Waals surface area contributed by atoms with E-state index in [9.17, 15) is 10.1 Å². The van der Waals surface area contributed by atoms with E-state index in [-0.39, 0.29) is 17.9 Å². The fourth-order valence-electron chi connectivity index (χ4n) is 1.08. The summed E-state index contributed by atoms with van der Waals surface area (Å²) in [6.45, 7) is 3.25. The highest BCUT2D eigenvalue weighted by Crippen LogP contribution is 2.19. The molecule has 72 valence electrons. The van der Waals surface area contributed by atoms with Gasteiger partial charge in [-0.3, -0.25) is 10.1 Å². The minimum atomic E-state index is -0.480. The topological polar surface area (TPSA) is 63.4 Å². The molecule has 0 unspecified atom stereocenters. The Hall–Kier alpha value is -2.06. The zero-order valence-corrected chi connectivity index (χ0v) is 7.43. The summed E-state index contributed by atoms with van der Waals surface area (Å²) >= 11 is 0. The Labute approximate surface area is 81.0 Å². The van der Waals surface area contributed by atoms with Crippen molar-refractivity contribution in [3.63, 3.8) is 0 Å². The van der Waals surface area contributed by atoms with Crippen LogP contribution in [0.3, 0.4) is 0 Å². The normalized spacial score (nSPS) is 9.14. The number of nitrogens with zero attached hydrogens (tertiary/aromatic N) is 1. The molecule has 1 aromatic rings. The Kier molecular flexibility index (Phi) is 3.05. The summed E-state index contributed by atoms with van der Waals surface area (Å²) in [7, 11) is 0. The Balaban J connectivity index is 3.07. The smallest absolute Gasteiger partial charge is 0.273 e. The van der Waals surface area contributed by atoms with Crippen molar-refractivity contribution in [2.45, 2.75) is 6.42 Å². The van der Waals surface area contributed by atoms with Gasteiger partial charge in [-0.15, -0.1) is 0 Å². The number of aliphatic hydroxyl groups excluding tert-OH is 1. The van der Waals surface area contributed by atoms with Crippen molar-refractivity contribution in [3.8, 4) is 0 Å². The lowest BCUT2D eigenvalue weighted by Crippen LogP contribution is -1.96. The van der Waals surface area contributed by atoms with E-state index in [1.165, 1.54) is 6.07 Å². The first kappa shape index (κ1) is 10.0. The van der Waals surface area contributed by atoms with Crippen molar-refractivity contribution in [1.82, 2.24) is 0 Å². The quantitative estimate of drug-likeness (QED) is 0.345. The number of aliphatic hydroxyl groups is 1. The zero-order chi connectivity index (χ0) is 10.6. The van der Waals surface area contributed by atoms with Crippen molar-refractivity contribution in [2.24, 2.45) is 0 Å². The van der Waals surface area contributed by atoms with Crippen molar-refractivity contribution in [1.29, 1.82) is 0 Å². The van der Waals surface area contributed by atoms with Crippen LogP contribution in [0.5, 0.6) is 0 Å². The predicted molar refractivity (Wildman–Crippen MR) is 52.1 cm³/mol. The first-order chi connectivity index (χ1) is 6.65. The van der Waals surface area contributed by atoms with Crippen LogP contribution in [0, 0.1) is 10.1 Å². The molecule has 0 radical (unpaired) electrons. The highest BCUT2D eigenvalue weighted by atomic mass is 16.6. The molecule has 0 bridgehead atoms. The standard InChI is InChI=1S/C10H9NO3/c1-2-9(12)7-8-5-3-4-6-10(8)11(13)14/h3-6,12H,1,7H2. The maximum atomic E-state index is 10.6. The lowest BCUT2D eigenvalue weighted by Gasteiger charge is -1.99. The highest BCUT2D eigenvalue weighted by Gasteiger charge is 2.12. The average Bonchev–Trinajstić information content (AvgIpc) is 2.18. The molecule has 0 fully saturated rings. The Morgan fingerprint density at radius 2 is 2.21 bits per heavy atom. The van der Waals surface area contributed by atoms with Gasteiger partial charge in [0, 0.05) is 18.1 Å². The molecular weight excluding hydrogens is 182 g/mol. The summed E-state index contributed by atoms with van der Waals surface area (Å²) in [5, 5.41) is 19.7. The van der Waals surface area contributed by atoms with E-state index in [4.69, 9.17) is 5.11 Å². The number of nitro benzene ring substituents is 1. The van der Waals surface area contributed by atoms with E-state index in [2.05, 4.69) is 12.3 Å². The Morgan fingerprint density at radius 3 is 2.79 bits per heavy atom. The van der Waals surface area contributed by atoms with Gasteiger partial charge in [0.05, 0.1) is 4.92 Å². The van der Waals surface area contributed by atoms with E-state index >= 15 is 0 Å². The van der Waals surface area contributed by atoms with Crippen LogP contribution in [0.25, 0.3) is 0 Å². The molecule has 0 saturated carbocycles. The van der Waals surface area contributed by atoms with Crippen molar-refractivity contribution in [3.05, 3.63) is 58.0 Å². The molecule has 0 aliphatic heterocycles. The van der Waals surface area contributed by atoms with Crippen molar-refractivity contribution < 1.29 is 10.0 Å². The van der Waals surface area contributed by atoms with Gasteiger partial charge in [0.2, 0.25) is 0 Å². The van der Waals surface area contributed by atoms with Gasteiger partial charge in [0.15, 0.2) is 0 Å². The number of para-hydroxylation sites is 1. The van der Waals surface area contributed by atoms with Crippen LogP contribution in [0.2, 0.25) is 0 Å². The summed E-state index contributed by atoms with van der Waals surface area (Å²) in [6.07, 6.45) is 0.0840.